The maximum Gasteiger partial charge on any atom is 0.217 e. The molecule has 1 aromatic rings. The van der Waals surface area contributed by atoms with Gasteiger partial charge >= 0.3 is 0 Å². The summed E-state index contributed by atoms with van der Waals surface area (Å²) in [7, 11) is 1.69. The fraction of sp³-hybridized carbons (Fsp3) is 0.562. The Morgan fingerprint density at radius 2 is 2.10 bits per heavy atom. The number of methoxy groups -OCH3 is 1. The van der Waals surface area contributed by atoms with Crippen LogP contribution in [0.2, 0.25) is 0 Å². The Labute approximate surface area is 135 Å². The summed E-state index contributed by atoms with van der Waals surface area (Å²) < 4.78 is 6.46. The number of benzene rings is 1. The van der Waals surface area contributed by atoms with E-state index < -0.39 is 0 Å². The van der Waals surface area contributed by atoms with Gasteiger partial charge in [-0.25, -0.2) is 0 Å². The SMILES string of the molecule is COc1ccc(Br)cc1CCN(CCCC(N)=O)C(C)C. The zero-order valence-electron chi connectivity index (χ0n) is 13.1. The largest absolute Gasteiger partial charge is 0.496 e. The van der Waals surface area contributed by atoms with E-state index in [2.05, 4.69) is 40.7 Å². The van der Waals surface area contributed by atoms with E-state index in [-0.39, 0.29) is 5.91 Å². The Kier molecular flexibility index (Phi) is 7.75. The Bertz CT molecular complexity index is 464. The molecule has 0 radical (unpaired) electrons. The Balaban J connectivity index is 2.60. The predicted octanol–water partition coefficient (Wildman–Crippen LogP) is 2.98. The highest BCUT2D eigenvalue weighted by atomic mass is 79.9. The van der Waals surface area contributed by atoms with E-state index in [9.17, 15) is 4.79 Å². The van der Waals surface area contributed by atoms with Crippen LogP contribution >= 0.6 is 15.9 Å². The Morgan fingerprint density at radius 1 is 1.38 bits per heavy atom. The van der Waals surface area contributed by atoms with Crippen molar-refractivity contribution < 1.29 is 9.53 Å². The van der Waals surface area contributed by atoms with Crippen molar-refractivity contribution in [3.8, 4) is 5.75 Å². The number of hydrogen-bond acceptors (Lipinski definition) is 3. The number of ether oxygens (including phenoxy) is 1. The first-order chi connectivity index (χ1) is 9.93. The first kappa shape index (κ1) is 18.0. The first-order valence-electron chi connectivity index (χ1n) is 7.28. The average Bonchev–Trinajstić information content (AvgIpc) is 2.42. The van der Waals surface area contributed by atoms with E-state index in [1.807, 2.05) is 12.1 Å². The second kappa shape index (κ2) is 9.05. The topological polar surface area (TPSA) is 55.6 Å². The number of nitrogens with two attached hydrogens (primary N) is 1. The van der Waals surface area contributed by atoms with Gasteiger partial charge in [-0.1, -0.05) is 15.9 Å². The van der Waals surface area contributed by atoms with Crippen molar-refractivity contribution >= 4 is 21.8 Å². The van der Waals surface area contributed by atoms with E-state index in [0.717, 1.165) is 36.2 Å². The molecule has 0 aliphatic rings. The van der Waals surface area contributed by atoms with Gasteiger partial charge in [-0.3, -0.25) is 4.79 Å². The summed E-state index contributed by atoms with van der Waals surface area (Å²) >= 11 is 3.50. The third-order valence-electron chi connectivity index (χ3n) is 3.51. The number of amides is 1. The van der Waals surface area contributed by atoms with Gasteiger partial charge in [0.25, 0.3) is 0 Å². The molecule has 2 N–H and O–H groups in total. The molecule has 0 spiro atoms. The van der Waals surface area contributed by atoms with E-state index in [1.165, 1.54) is 5.56 Å². The molecule has 0 bridgehead atoms. The van der Waals surface area contributed by atoms with Crippen LogP contribution in [0.25, 0.3) is 0 Å². The van der Waals surface area contributed by atoms with Gasteiger partial charge in [0.1, 0.15) is 5.75 Å². The smallest absolute Gasteiger partial charge is 0.217 e. The maximum absolute atomic E-state index is 10.8. The summed E-state index contributed by atoms with van der Waals surface area (Å²) in [6.07, 6.45) is 2.17. The van der Waals surface area contributed by atoms with Crippen LogP contribution in [0.5, 0.6) is 5.75 Å². The molecule has 0 fully saturated rings. The van der Waals surface area contributed by atoms with Gasteiger partial charge in [0.05, 0.1) is 7.11 Å². The lowest BCUT2D eigenvalue weighted by Gasteiger charge is -2.26. The molecule has 21 heavy (non-hydrogen) atoms. The fourth-order valence-electron chi connectivity index (χ4n) is 2.29. The minimum absolute atomic E-state index is 0.229. The number of halogens is 1. The molecule has 1 aromatic carbocycles. The van der Waals surface area contributed by atoms with Gasteiger partial charge in [0, 0.05) is 23.5 Å². The number of nitrogens with zero attached hydrogens (tertiary/aromatic N) is 1. The molecule has 0 saturated carbocycles. The Morgan fingerprint density at radius 3 is 2.67 bits per heavy atom. The van der Waals surface area contributed by atoms with E-state index in [0.29, 0.717) is 12.5 Å². The molecule has 0 heterocycles. The normalized spacial score (nSPS) is 11.1. The van der Waals surface area contributed by atoms with Crippen molar-refractivity contribution in [2.75, 3.05) is 20.2 Å². The predicted molar refractivity (Wildman–Crippen MR) is 89.5 cm³/mol. The summed E-state index contributed by atoms with van der Waals surface area (Å²) in [5.74, 6) is 0.686. The number of hydrogen-bond donors (Lipinski definition) is 1. The van der Waals surface area contributed by atoms with Crippen molar-refractivity contribution in [1.29, 1.82) is 0 Å². The summed E-state index contributed by atoms with van der Waals surface area (Å²) in [6.45, 7) is 6.16. The minimum atomic E-state index is -0.229. The first-order valence-corrected chi connectivity index (χ1v) is 8.08. The second-order valence-corrected chi connectivity index (χ2v) is 6.32. The molecule has 4 nitrogen and oxygen atoms in total. The molecule has 0 aromatic heterocycles. The lowest BCUT2D eigenvalue weighted by Crippen LogP contribution is -2.34. The van der Waals surface area contributed by atoms with Gasteiger partial charge in [-0.15, -0.1) is 0 Å². The molecule has 0 unspecified atom stereocenters. The van der Waals surface area contributed by atoms with E-state index >= 15 is 0 Å². The zero-order valence-corrected chi connectivity index (χ0v) is 14.6. The molecule has 1 amide bonds. The quantitative estimate of drug-likeness (QED) is 0.739. The van der Waals surface area contributed by atoms with Crippen LogP contribution in [0.1, 0.15) is 32.3 Å². The van der Waals surface area contributed by atoms with Crippen molar-refractivity contribution in [1.82, 2.24) is 4.90 Å². The number of carbonyl (C=O) groups excluding carboxylic acids is 1. The van der Waals surface area contributed by atoms with Crippen LogP contribution in [0.4, 0.5) is 0 Å². The minimum Gasteiger partial charge on any atom is -0.496 e. The molecule has 0 saturated heterocycles. The summed E-state index contributed by atoms with van der Waals surface area (Å²) in [4.78, 5) is 13.2. The maximum atomic E-state index is 10.8. The van der Waals surface area contributed by atoms with Crippen molar-refractivity contribution in [3.63, 3.8) is 0 Å². The highest BCUT2D eigenvalue weighted by Crippen LogP contribution is 2.23. The highest BCUT2D eigenvalue weighted by Gasteiger charge is 2.12. The van der Waals surface area contributed by atoms with Crippen LogP contribution < -0.4 is 10.5 Å². The number of primary amides is 1. The fourth-order valence-corrected chi connectivity index (χ4v) is 2.70. The van der Waals surface area contributed by atoms with Gasteiger partial charge in [0.2, 0.25) is 5.91 Å². The van der Waals surface area contributed by atoms with Crippen molar-refractivity contribution in [3.05, 3.63) is 28.2 Å². The van der Waals surface area contributed by atoms with E-state index in [4.69, 9.17) is 10.5 Å². The lowest BCUT2D eigenvalue weighted by atomic mass is 10.1. The van der Waals surface area contributed by atoms with Gasteiger partial charge in [-0.2, -0.15) is 0 Å². The number of rotatable bonds is 9. The third kappa shape index (κ3) is 6.48. The zero-order chi connectivity index (χ0) is 15.8. The second-order valence-electron chi connectivity index (χ2n) is 5.41. The lowest BCUT2D eigenvalue weighted by molar-refractivity contribution is -0.118. The standard InChI is InChI=1S/C16H25BrN2O2/c1-12(2)19(9-4-5-16(18)20)10-8-13-11-14(17)6-7-15(13)21-3/h6-7,11-12H,4-5,8-10H2,1-3H3,(H2,18,20). The Hall–Kier alpha value is -1.07. The summed E-state index contributed by atoms with van der Waals surface area (Å²) in [5.41, 5.74) is 6.38. The highest BCUT2D eigenvalue weighted by molar-refractivity contribution is 9.10. The number of carbonyl (C=O) groups is 1. The molecular formula is C16H25BrN2O2. The molecule has 0 atom stereocenters. The van der Waals surface area contributed by atoms with Gasteiger partial charge in [0.15, 0.2) is 0 Å². The molecule has 0 aliphatic heterocycles. The molecule has 118 valence electrons. The van der Waals surface area contributed by atoms with Crippen molar-refractivity contribution in [2.45, 2.75) is 39.2 Å². The van der Waals surface area contributed by atoms with Gasteiger partial charge in [-0.05, 0) is 57.0 Å². The van der Waals surface area contributed by atoms with E-state index in [1.54, 1.807) is 7.11 Å². The molecule has 5 heteroatoms. The van der Waals surface area contributed by atoms with Crippen LogP contribution in [-0.4, -0.2) is 37.0 Å². The average molecular weight is 357 g/mol. The molecule has 1 rings (SSSR count). The third-order valence-corrected chi connectivity index (χ3v) is 4.00. The summed E-state index contributed by atoms with van der Waals surface area (Å²) in [5, 5.41) is 0. The van der Waals surface area contributed by atoms with Gasteiger partial charge < -0.3 is 15.4 Å². The van der Waals surface area contributed by atoms with Crippen LogP contribution in [0.3, 0.4) is 0 Å². The van der Waals surface area contributed by atoms with Crippen LogP contribution in [0, 0.1) is 0 Å². The van der Waals surface area contributed by atoms with Crippen LogP contribution in [0.15, 0.2) is 22.7 Å². The molecular weight excluding hydrogens is 332 g/mol. The van der Waals surface area contributed by atoms with Crippen molar-refractivity contribution in [2.24, 2.45) is 5.73 Å². The van der Waals surface area contributed by atoms with Crippen LogP contribution in [-0.2, 0) is 11.2 Å². The molecule has 0 aliphatic carbocycles. The summed E-state index contributed by atoms with van der Waals surface area (Å²) in [6, 6.07) is 6.50. The monoisotopic (exact) mass is 356 g/mol.